The lowest BCUT2D eigenvalue weighted by Crippen LogP contribution is -2.43. The summed E-state index contributed by atoms with van der Waals surface area (Å²) in [6.07, 6.45) is -0.522. The largest absolute Gasteiger partial charge is 0.822 e. The maximum absolute atomic E-state index is 11.2. The van der Waals surface area contributed by atoms with Crippen LogP contribution in [0.4, 0.5) is 0 Å². The van der Waals surface area contributed by atoms with E-state index in [4.69, 9.17) is 51.8 Å². The van der Waals surface area contributed by atoms with Crippen molar-refractivity contribution in [1.29, 1.82) is 0 Å². The van der Waals surface area contributed by atoms with Crippen LogP contribution in [0.25, 0.3) is 0 Å². The summed E-state index contributed by atoms with van der Waals surface area (Å²) in [4.78, 5) is 90.3. The number of phosphoric acid groups is 1. The van der Waals surface area contributed by atoms with Crippen LogP contribution in [-0.4, -0.2) is 185 Å². The molecule has 0 bridgehead atoms. The fourth-order valence-corrected chi connectivity index (χ4v) is 2.67. The van der Waals surface area contributed by atoms with Gasteiger partial charge in [-0.15, -0.1) is 0 Å². The predicted molar refractivity (Wildman–Crippen MR) is 176 cm³/mol. The topological polar surface area (TPSA) is 364 Å². The van der Waals surface area contributed by atoms with Gasteiger partial charge in [0.1, 0.15) is 18.1 Å². The first kappa shape index (κ1) is 53.5. The summed E-state index contributed by atoms with van der Waals surface area (Å²) in [5.74, 6) is -4.43. The quantitative estimate of drug-likeness (QED) is 0.0464. The number of hydrogen-bond acceptors (Lipinski definition) is 13. The van der Waals surface area contributed by atoms with Crippen LogP contribution in [0.5, 0.6) is 0 Å². The Balaban J connectivity index is -0.000000296. The van der Waals surface area contributed by atoms with Crippen molar-refractivity contribution in [2.75, 3.05) is 103 Å². The minimum absolute atomic E-state index is 0.174. The smallest absolute Gasteiger partial charge is 0.321 e. The molecule has 296 valence electrons. The summed E-state index contributed by atoms with van der Waals surface area (Å²) in [5, 5.41) is 33.3. The second kappa shape index (κ2) is 25.6. The Hall–Kier alpha value is -3.31. The number of quaternary nitrogens is 3. The molecular formula is C27H60N9O13P. The number of nitrogens with zero attached hydrogens (tertiary/aromatic N) is 3. The molecule has 3 amide bonds. The lowest BCUT2D eigenvalue weighted by atomic mass is 10.2. The Morgan fingerprint density at radius 1 is 0.520 bits per heavy atom. The fourth-order valence-electron chi connectivity index (χ4n) is 2.67. The fraction of sp³-hybridized carbons (Fsp3) is 0.778. The van der Waals surface area contributed by atoms with Gasteiger partial charge in [-0.2, -0.15) is 7.82 Å². The van der Waals surface area contributed by atoms with E-state index in [0.717, 1.165) is 33.1 Å². The van der Waals surface area contributed by atoms with Crippen LogP contribution < -0.4 is 47.8 Å². The molecule has 0 aliphatic rings. The molecule has 0 unspecified atom stereocenters. The first-order chi connectivity index (χ1) is 22.2. The molecule has 0 fully saturated rings. The molecule has 0 rings (SSSR count). The van der Waals surface area contributed by atoms with E-state index in [1.165, 1.54) is 0 Å². The number of likely N-dealkylation sites (N-methyl/N-ethyl adjacent to an activating group) is 3. The first-order valence-corrected chi connectivity index (χ1v) is 16.5. The van der Waals surface area contributed by atoms with Crippen molar-refractivity contribution in [3.63, 3.8) is 0 Å². The van der Waals surface area contributed by atoms with E-state index in [0.29, 0.717) is 19.6 Å². The maximum Gasteiger partial charge on any atom is 0.321 e. The highest BCUT2D eigenvalue weighted by molar-refractivity contribution is 7.40. The second-order valence-electron chi connectivity index (χ2n) is 14.0. The maximum atomic E-state index is 11.2. The summed E-state index contributed by atoms with van der Waals surface area (Å²) in [6, 6.07) is -3.35. The van der Waals surface area contributed by atoms with Crippen LogP contribution in [0.2, 0.25) is 0 Å². The van der Waals surface area contributed by atoms with Gasteiger partial charge in [0.2, 0.25) is 17.7 Å². The van der Waals surface area contributed by atoms with Gasteiger partial charge in [-0.05, 0) is 0 Å². The van der Waals surface area contributed by atoms with Crippen molar-refractivity contribution in [1.82, 2.24) is 16.0 Å². The van der Waals surface area contributed by atoms with Gasteiger partial charge in [-0.1, -0.05) is 0 Å². The molecular weight excluding hydrogens is 689 g/mol. The predicted octanol–water partition coefficient (Wildman–Crippen LogP) is -6.99. The zero-order valence-corrected chi connectivity index (χ0v) is 31.4. The summed E-state index contributed by atoms with van der Waals surface area (Å²) in [7, 11) is 12.7. The van der Waals surface area contributed by atoms with Gasteiger partial charge in [0.05, 0.1) is 122 Å². The van der Waals surface area contributed by atoms with E-state index in [-0.39, 0.29) is 37.0 Å². The number of carboxylic acid groups (broad SMARTS) is 3. The highest BCUT2D eigenvalue weighted by Crippen LogP contribution is 2.03. The van der Waals surface area contributed by atoms with Crippen LogP contribution in [0.3, 0.4) is 0 Å². The molecule has 0 spiro atoms. The molecule has 0 aliphatic carbocycles. The highest BCUT2D eigenvalue weighted by Gasteiger charge is 2.18. The highest BCUT2D eigenvalue weighted by atomic mass is 31.2. The van der Waals surface area contributed by atoms with Crippen molar-refractivity contribution in [2.45, 2.75) is 37.4 Å². The minimum atomic E-state index is -5.39. The van der Waals surface area contributed by atoms with Crippen molar-refractivity contribution in [3.05, 3.63) is 0 Å². The third-order valence-electron chi connectivity index (χ3n) is 5.48. The average Bonchev–Trinajstić information content (AvgIpc) is 2.85. The number of hydrogen-bond donors (Lipinski definition) is 9. The van der Waals surface area contributed by atoms with Crippen LogP contribution in [0.1, 0.15) is 19.3 Å². The first-order valence-electron chi connectivity index (χ1n) is 15.1. The van der Waals surface area contributed by atoms with Gasteiger partial charge >= 0.3 is 17.9 Å². The number of aliphatic carboxylic acids is 3. The number of carbonyl (C=O) groups excluding carboxylic acids is 3. The average molecular weight is 750 g/mol. The molecule has 0 aromatic rings. The van der Waals surface area contributed by atoms with Gasteiger partial charge < -0.3 is 81.2 Å². The van der Waals surface area contributed by atoms with Crippen LogP contribution in [-0.2, 0) is 33.3 Å². The minimum Gasteiger partial charge on any atom is -0.822 e. The van der Waals surface area contributed by atoms with Gasteiger partial charge in [-0.3, -0.25) is 28.8 Å². The van der Waals surface area contributed by atoms with Crippen molar-refractivity contribution >= 4 is 43.5 Å². The second-order valence-corrected chi connectivity index (χ2v) is 14.9. The summed E-state index contributed by atoms with van der Waals surface area (Å²) in [5.41, 5.74) is 15.6. The number of nitrogens with two attached hydrogens (primary N) is 3. The van der Waals surface area contributed by atoms with Crippen LogP contribution in [0, 0.1) is 0 Å². The zero-order chi connectivity index (χ0) is 40.7. The molecule has 50 heavy (non-hydrogen) atoms. The van der Waals surface area contributed by atoms with Crippen LogP contribution in [0.15, 0.2) is 0 Å². The van der Waals surface area contributed by atoms with Crippen molar-refractivity contribution in [2.24, 2.45) is 17.2 Å². The van der Waals surface area contributed by atoms with E-state index >= 15 is 0 Å². The number of carbonyl (C=O) groups is 6. The van der Waals surface area contributed by atoms with Gasteiger partial charge in [0, 0.05) is 0 Å². The molecule has 12 N–H and O–H groups in total. The van der Waals surface area contributed by atoms with E-state index in [9.17, 15) is 28.8 Å². The monoisotopic (exact) mass is 749 g/mol. The Kier molecular flexibility index (Phi) is 27.4. The zero-order valence-electron chi connectivity index (χ0n) is 30.5. The molecule has 0 radical (unpaired) electrons. The van der Waals surface area contributed by atoms with E-state index in [2.05, 4.69) is 16.0 Å². The number of rotatable bonds is 18. The lowest BCUT2D eigenvalue weighted by molar-refractivity contribution is -0.869. The molecule has 0 heterocycles. The SMILES string of the molecule is C[N+](C)(C)CCNC(=O)C[C@H](N)C(=O)O.C[N+](C)(C)CCNC(=O)C[C@H](N)C(=O)O.C[N+](C)(C)CCNC(=O)C[C@H](N)C(=O)O.O=P([O-])([O-])[O-]. The van der Waals surface area contributed by atoms with E-state index < -0.39 is 43.9 Å². The Labute approximate surface area is 293 Å². The lowest BCUT2D eigenvalue weighted by Gasteiger charge is -2.36. The third-order valence-corrected chi connectivity index (χ3v) is 5.48. The normalized spacial score (nSPS) is 13.2. The van der Waals surface area contributed by atoms with Crippen molar-refractivity contribution < 1.29 is 76.8 Å². The van der Waals surface area contributed by atoms with Crippen LogP contribution >= 0.6 is 7.82 Å². The van der Waals surface area contributed by atoms with E-state index in [1.807, 2.05) is 63.4 Å². The van der Waals surface area contributed by atoms with Crippen molar-refractivity contribution in [3.8, 4) is 0 Å². The molecule has 0 aromatic heterocycles. The van der Waals surface area contributed by atoms with E-state index in [1.54, 1.807) is 0 Å². The molecule has 23 heteroatoms. The number of nitrogens with one attached hydrogen (secondary N) is 3. The summed E-state index contributed by atoms with van der Waals surface area (Å²) in [6.45, 7) is 3.92. The summed E-state index contributed by atoms with van der Waals surface area (Å²) >= 11 is 0. The number of amides is 3. The summed E-state index contributed by atoms with van der Waals surface area (Å²) < 4.78 is 10.8. The Bertz CT molecular complexity index is 975. The Morgan fingerprint density at radius 2 is 0.680 bits per heavy atom. The molecule has 0 saturated heterocycles. The van der Waals surface area contributed by atoms with Gasteiger partial charge in [0.25, 0.3) is 0 Å². The molecule has 0 aromatic carbocycles. The molecule has 0 aliphatic heterocycles. The van der Waals surface area contributed by atoms with Gasteiger partial charge in [-0.25, -0.2) is 0 Å². The third kappa shape index (κ3) is 49.1. The van der Waals surface area contributed by atoms with Gasteiger partial charge in [0.15, 0.2) is 0 Å². The molecule has 0 saturated carbocycles. The standard InChI is InChI=1S/3C9H19N3O3.H3O4P/c3*1-12(2,3)5-4-11-8(13)6-7(10)9(14)15;1-5(2,3)4/h3*7H,4-6,10H2,1-3H3,(H-,11,13,14,15);(H3,1,2,3,4)/t3*7-;/m000./s1. The molecule has 22 nitrogen and oxygen atoms in total. The Morgan fingerprint density at radius 3 is 0.800 bits per heavy atom. The number of carboxylic acids is 3. The molecule has 3 atom stereocenters.